The van der Waals surface area contributed by atoms with Crippen molar-refractivity contribution in [1.82, 2.24) is 0 Å². The Morgan fingerprint density at radius 1 is 0.958 bits per heavy atom. The number of nitrogens with zero attached hydrogens (tertiary/aromatic N) is 1. The molecule has 4 heteroatoms. The molecule has 0 N–H and O–H groups in total. The van der Waals surface area contributed by atoms with Gasteiger partial charge in [0.05, 0.1) is 6.54 Å². The summed E-state index contributed by atoms with van der Waals surface area (Å²) in [4.78, 5) is 13.7. The molecule has 0 aliphatic carbocycles. The zero-order valence-corrected chi connectivity index (χ0v) is 13.1. The molecule has 0 aromatic heterocycles. The fraction of sp³-hybridized carbons (Fsp3) is 0.150. The number of para-hydroxylation sites is 1. The van der Waals surface area contributed by atoms with Gasteiger partial charge in [-0.25, -0.2) is 4.79 Å². The highest BCUT2D eigenvalue weighted by Gasteiger charge is 2.32. The molecule has 24 heavy (non-hydrogen) atoms. The van der Waals surface area contributed by atoms with E-state index in [-0.39, 0.29) is 12.2 Å². The van der Waals surface area contributed by atoms with Crippen LogP contribution in [0.3, 0.4) is 0 Å². The van der Waals surface area contributed by atoms with Crippen LogP contribution in [-0.4, -0.2) is 25.3 Å². The van der Waals surface area contributed by atoms with E-state index in [1.165, 1.54) is 0 Å². The molecule has 1 atom stereocenters. The van der Waals surface area contributed by atoms with E-state index in [0.717, 1.165) is 22.2 Å². The van der Waals surface area contributed by atoms with Crippen molar-refractivity contribution in [3.63, 3.8) is 0 Å². The van der Waals surface area contributed by atoms with E-state index in [4.69, 9.17) is 9.47 Å². The summed E-state index contributed by atoms with van der Waals surface area (Å²) in [6.45, 7) is 0.830. The molecule has 4 nitrogen and oxygen atoms in total. The maximum Gasteiger partial charge on any atom is 0.414 e. The van der Waals surface area contributed by atoms with Crippen molar-refractivity contribution < 1.29 is 14.3 Å². The Kier molecular flexibility index (Phi) is 3.79. The maximum absolute atomic E-state index is 12.1. The Morgan fingerprint density at radius 2 is 1.71 bits per heavy atom. The van der Waals surface area contributed by atoms with Crippen LogP contribution < -0.4 is 9.64 Å². The number of ether oxygens (including phenoxy) is 2. The van der Waals surface area contributed by atoms with Gasteiger partial charge >= 0.3 is 6.09 Å². The summed E-state index contributed by atoms with van der Waals surface area (Å²) in [5.74, 6) is 0.808. The van der Waals surface area contributed by atoms with E-state index < -0.39 is 0 Å². The number of carbonyl (C=O) groups excluding carboxylic acids is 1. The molecule has 0 bridgehead atoms. The van der Waals surface area contributed by atoms with Gasteiger partial charge in [0.15, 0.2) is 6.10 Å². The van der Waals surface area contributed by atoms with E-state index in [9.17, 15) is 4.79 Å². The van der Waals surface area contributed by atoms with Crippen molar-refractivity contribution >= 4 is 22.6 Å². The molecule has 0 radical (unpaired) electrons. The topological polar surface area (TPSA) is 38.8 Å². The Bertz CT molecular complexity index is 858. The molecule has 1 fully saturated rings. The number of cyclic esters (lactones) is 1. The van der Waals surface area contributed by atoms with Crippen LogP contribution in [0.2, 0.25) is 0 Å². The van der Waals surface area contributed by atoms with Crippen molar-refractivity contribution in [3.05, 3.63) is 72.8 Å². The monoisotopic (exact) mass is 319 g/mol. The molecule has 4 rings (SSSR count). The minimum absolute atomic E-state index is 0.281. The van der Waals surface area contributed by atoms with Crippen molar-refractivity contribution in [2.75, 3.05) is 18.1 Å². The van der Waals surface area contributed by atoms with Gasteiger partial charge in [-0.3, -0.25) is 4.90 Å². The second kappa shape index (κ2) is 6.24. The number of hydrogen-bond donors (Lipinski definition) is 0. The maximum atomic E-state index is 12.1. The van der Waals surface area contributed by atoms with E-state index in [0.29, 0.717) is 13.2 Å². The predicted molar refractivity (Wildman–Crippen MR) is 93.5 cm³/mol. The van der Waals surface area contributed by atoms with Crippen LogP contribution in [0.15, 0.2) is 72.8 Å². The van der Waals surface area contributed by atoms with Gasteiger partial charge < -0.3 is 9.47 Å². The van der Waals surface area contributed by atoms with Crippen molar-refractivity contribution in [2.24, 2.45) is 0 Å². The second-order valence-electron chi connectivity index (χ2n) is 5.74. The fourth-order valence-electron chi connectivity index (χ4n) is 2.93. The van der Waals surface area contributed by atoms with Crippen LogP contribution in [0.5, 0.6) is 5.75 Å². The average Bonchev–Trinajstić information content (AvgIpc) is 3.01. The normalized spacial score (nSPS) is 17.1. The third-order valence-electron chi connectivity index (χ3n) is 4.12. The molecular formula is C20H17NO3. The minimum Gasteiger partial charge on any atom is -0.489 e. The highest BCUT2D eigenvalue weighted by Crippen LogP contribution is 2.26. The first-order chi connectivity index (χ1) is 11.8. The van der Waals surface area contributed by atoms with E-state index in [1.54, 1.807) is 4.90 Å². The van der Waals surface area contributed by atoms with Gasteiger partial charge in [-0.05, 0) is 23.6 Å². The lowest BCUT2D eigenvalue weighted by Crippen LogP contribution is -2.26. The van der Waals surface area contributed by atoms with Crippen LogP contribution in [0.25, 0.3) is 10.8 Å². The van der Waals surface area contributed by atoms with Crippen molar-refractivity contribution in [2.45, 2.75) is 6.10 Å². The van der Waals surface area contributed by atoms with Gasteiger partial charge in [0, 0.05) is 11.1 Å². The number of anilines is 1. The van der Waals surface area contributed by atoms with Crippen molar-refractivity contribution in [3.8, 4) is 5.75 Å². The van der Waals surface area contributed by atoms with Crippen LogP contribution in [0.1, 0.15) is 0 Å². The van der Waals surface area contributed by atoms with Crippen LogP contribution in [0, 0.1) is 0 Å². The molecule has 0 spiro atoms. The van der Waals surface area contributed by atoms with E-state index in [1.807, 2.05) is 60.7 Å². The summed E-state index contributed by atoms with van der Waals surface area (Å²) in [5.41, 5.74) is 0.843. The second-order valence-corrected chi connectivity index (χ2v) is 5.74. The molecule has 1 heterocycles. The molecule has 3 aromatic carbocycles. The molecule has 0 saturated carbocycles. The standard InChI is InChI=1S/C20H17NO3/c22-20-21(16-9-2-1-3-10-16)13-17(24-20)14-23-19-12-6-8-15-7-4-5-11-18(15)19/h1-12,17H,13-14H2. The molecule has 1 aliphatic heterocycles. The van der Waals surface area contributed by atoms with Gasteiger partial charge in [-0.15, -0.1) is 0 Å². The van der Waals surface area contributed by atoms with Gasteiger partial charge in [0.1, 0.15) is 12.4 Å². The Morgan fingerprint density at radius 3 is 2.58 bits per heavy atom. The van der Waals surface area contributed by atoms with Crippen LogP contribution in [0.4, 0.5) is 10.5 Å². The summed E-state index contributed by atoms with van der Waals surface area (Å²) in [7, 11) is 0. The van der Waals surface area contributed by atoms with Gasteiger partial charge in [-0.2, -0.15) is 0 Å². The third-order valence-corrected chi connectivity index (χ3v) is 4.12. The number of hydrogen-bond acceptors (Lipinski definition) is 3. The van der Waals surface area contributed by atoms with E-state index in [2.05, 4.69) is 12.1 Å². The van der Waals surface area contributed by atoms with E-state index >= 15 is 0 Å². The first-order valence-electron chi connectivity index (χ1n) is 7.95. The number of carbonyl (C=O) groups is 1. The Labute approximate surface area is 140 Å². The van der Waals surface area contributed by atoms with Gasteiger partial charge in [-0.1, -0.05) is 54.6 Å². The summed E-state index contributed by atoms with van der Waals surface area (Å²) >= 11 is 0. The highest BCUT2D eigenvalue weighted by atomic mass is 16.6. The molecule has 3 aromatic rings. The Balaban J connectivity index is 1.46. The summed E-state index contributed by atoms with van der Waals surface area (Å²) < 4.78 is 11.4. The molecule has 1 amide bonds. The van der Waals surface area contributed by atoms with Crippen molar-refractivity contribution in [1.29, 1.82) is 0 Å². The fourth-order valence-corrected chi connectivity index (χ4v) is 2.93. The quantitative estimate of drug-likeness (QED) is 0.722. The van der Waals surface area contributed by atoms with Gasteiger partial charge in [0.25, 0.3) is 0 Å². The van der Waals surface area contributed by atoms with Gasteiger partial charge in [0.2, 0.25) is 0 Å². The smallest absolute Gasteiger partial charge is 0.414 e. The number of fused-ring (bicyclic) bond motifs is 1. The first-order valence-corrected chi connectivity index (χ1v) is 7.95. The number of amides is 1. The largest absolute Gasteiger partial charge is 0.489 e. The molecule has 1 saturated heterocycles. The highest BCUT2D eigenvalue weighted by molar-refractivity contribution is 5.90. The lowest BCUT2D eigenvalue weighted by molar-refractivity contribution is 0.105. The zero-order valence-electron chi connectivity index (χ0n) is 13.1. The average molecular weight is 319 g/mol. The van der Waals surface area contributed by atoms with Crippen LogP contribution in [-0.2, 0) is 4.74 Å². The molecule has 120 valence electrons. The lowest BCUT2D eigenvalue weighted by atomic mass is 10.1. The molecule has 1 unspecified atom stereocenters. The zero-order chi connectivity index (χ0) is 16.4. The SMILES string of the molecule is O=C1OC(COc2cccc3ccccc23)CN1c1ccccc1. The number of rotatable bonds is 4. The third kappa shape index (κ3) is 2.78. The van der Waals surface area contributed by atoms with Crippen LogP contribution >= 0.6 is 0 Å². The summed E-state index contributed by atoms with van der Waals surface area (Å²) in [6.07, 6.45) is -0.607. The Hall–Kier alpha value is -3.01. The first kappa shape index (κ1) is 14.6. The number of benzene rings is 3. The summed E-state index contributed by atoms with van der Waals surface area (Å²) in [5, 5.41) is 2.19. The predicted octanol–water partition coefficient (Wildman–Crippen LogP) is 4.24. The summed E-state index contributed by atoms with van der Waals surface area (Å²) in [6, 6.07) is 23.6. The molecule has 1 aliphatic rings. The molecular weight excluding hydrogens is 302 g/mol. The lowest BCUT2D eigenvalue weighted by Gasteiger charge is -2.13. The minimum atomic E-state index is -0.326.